The molecule has 3 aromatic carbocycles. The molecule has 7 nitrogen and oxygen atoms in total. The zero-order chi connectivity index (χ0) is 23.8. The van der Waals surface area contributed by atoms with Crippen LogP contribution in [0, 0.1) is 18.3 Å². The van der Waals surface area contributed by atoms with Gasteiger partial charge in [0.05, 0.1) is 0 Å². The lowest BCUT2D eigenvalue weighted by atomic mass is 10.1. The van der Waals surface area contributed by atoms with E-state index in [0.29, 0.717) is 30.5 Å². The van der Waals surface area contributed by atoms with Gasteiger partial charge in [-0.3, -0.25) is 4.79 Å². The summed E-state index contributed by atoms with van der Waals surface area (Å²) in [7, 11) is 0. The molecule has 0 aliphatic carbocycles. The van der Waals surface area contributed by atoms with E-state index in [1.165, 1.54) is 0 Å². The van der Waals surface area contributed by atoms with Crippen LogP contribution in [0.2, 0.25) is 0 Å². The number of amides is 1. The van der Waals surface area contributed by atoms with Crippen LogP contribution in [-0.4, -0.2) is 25.9 Å². The minimum atomic E-state index is -0.450. The Kier molecular flexibility index (Phi) is 7.31. The molecule has 0 saturated carbocycles. The summed E-state index contributed by atoms with van der Waals surface area (Å²) in [5.41, 5.74) is 2.66. The highest BCUT2D eigenvalue weighted by atomic mass is 16.7. The van der Waals surface area contributed by atoms with Gasteiger partial charge < -0.3 is 24.3 Å². The minimum absolute atomic E-state index is 0.0149. The number of ether oxygens (including phenoxy) is 4. The van der Waals surface area contributed by atoms with E-state index < -0.39 is 5.91 Å². The number of carbonyl (C=O) groups is 1. The molecule has 0 unspecified atom stereocenters. The molecule has 1 aliphatic heterocycles. The molecule has 172 valence electrons. The highest BCUT2D eigenvalue weighted by Gasteiger charge is 2.14. The lowest BCUT2D eigenvalue weighted by molar-refractivity contribution is -0.117. The number of nitrogens with one attached hydrogen (secondary N) is 1. The van der Waals surface area contributed by atoms with Gasteiger partial charge in [-0.15, -0.1) is 0 Å². The Labute approximate surface area is 198 Å². The fourth-order valence-electron chi connectivity index (χ4n) is 3.33. The maximum absolute atomic E-state index is 12.5. The number of aryl methyl sites for hydroxylation is 1. The van der Waals surface area contributed by atoms with Crippen molar-refractivity contribution in [2.75, 3.05) is 20.0 Å². The molecular formula is C27H24N2O5. The summed E-state index contributed by atoms with van der Waals surface area (Å²) >= 11 is 0. The maximum atomic E-state index is 12.5. The molecule has 0 radical (unpaired) electrons. The average Bonchev–Trinajstić information content (AvgIpc) is 3.33. The molecule has 1 N–H and O–H groups in total. The van der Waals surface area contributed by atoms with Crippen LogP contribution in [-0.2, 0) is 11.3 Å². The van der Waals surface area contributed by atoms with Crippen molar-refractivity contribution >= 4 is 12.0 Å². The van der Waals surface area contributed by atoms with Gasteiger partial charge in [-0.05, 0) is 60.0 Å². The number of fused-ring (bicyclic) bond motifs is 1. The fraction of sp³-hybridized carbons (Fsp3) is 0.185. The topological polar surface area (TPSA) is 89.8 Å². The van der Waals surface area contributed by atoms with Gasteiger partial charge >= 0.3 is 0 Å². The first-order valence-electron chi connectivity index (χ1n) is 10.8. The summed E-state index contributed by atoms with van der Waals surface area (Å²) in [6, 6.07) is 22.4. The van der Waals surface area contributed by atoms with Crippen molar-refractivity contribution in [3.05, 3.63) is 89.0 Å². The molecule has 0 aromatic heterocycles. The van der Waals surface area contributed by atoms with Gasteiger partial charge in [0.1, 0.15) is 36.4 Å². The molecule has 1 amide bonds. The largest absolute Gasteiger partial charge is 0.490 e. The van der Waals surface area contributed by atoms with E-state index in [-0.39, 0.29) is 18.9 Å². The monoisotopic (exact) mass is 456 g/mol. The molecule has 3 aromatic rings. The van der Waals surface area contributed by atoms with Crippen LogP contribution in [0.1, 0.15) is 16.7 Å². The van der Waals surface area contributed by atoms with Gasteiger partial charge in [0, 0.05) is 6.54 Å². The second-order valence-electron chi connectivity index (χ2n) is 7.57. The van der Waals surface area contributed by atoms with Gasteiger partial charge in [-0.1, -0.05) is 36.4 Å². The Hall–Kier alpha value is -4.44. The lowest BCUT2D eigenvalue weighted by Gasteiger charge is -2.10. The third-order valence-corrected chi connectivity index (χ3v) is 5.15. The number of benzene rings is 3. The average molecular weight is 456 g/mol. The fourth-order valence-corrected chi connectivity index (χ4v) is 3.33. The van der Waals surface area contributed by atoms with Crippen molar-refractivity contribution in [1.29, 1.82) is 5.26 Å². The first-order chi connectivity index (χ1) is 16.6. The maximum Gasteiger partial charge on any atom is 0.262 e. The van der Waals surface area contributed by atoms with Crippen molar-refractivity contribution in [3.8, 4) is 29.1 Å². The summed E-state index contributed by atoms with van der Waals surface area (Å²) in [6.07, 6.45) is 1.54. The second kappa shape index (κ2) is 10.9. The van der Waals surface area contributed by atoms with Crippen LogP contribution in [0.25, 0.3) is 6.08 Å². The Morgan fingerprint density at radius 3 is 2.59 bits per heavy atom. The normalized spacial score (nSPS) is 12.1. The van der Waals surface area contributed by atoms with E-state index in [2.05, 4.69) is 5.32 Å². The molecule has 0 fully saturated rings. The van der Waals surface area contributed by atoms with Gasteiger partial charge in [0.25, 0.3) is 5.91 Å². The van der Waals surface area contributed by atoms with Crippen molar-refractivity contribution in [3.63, 3.8) is 0 Å². The van der Waals surface area contributed by atoms with E-state index in [1.807, 2.05) is 49.4 Å². The Balaban J connectivity index is 1.27. The Morgan fingerprint density at radius 1 is 1.03 bits per heavy atom. The molecule has 0 saturated heterocycles. The number of para-hydroxylation sites is 1. The number of hydrogen-bond acceptors (Lipinski definition) is 6. The van der Waals surface area contributed by atoms with Crippen LogP contribution in [0.4, 0.5) is 0 Å². The van der Waals surface area contributed by atoms with E-state index in [4.69, 9.17) is 18.9 Å². The summed E-state index contributed by atoms with van der Waals surface area (Å²) in [4.78, 5) is 12.5. The molecular weight excluding hydrogens is 432 g/mol. The van der Waals surface area contributed by atoms with Crippen LogP contribution in [0.3, 0.4) is 0 Å². The van der Waals surface area contributed by atoms with E-state index in [0.717, 1.165) is 22.4 Å². The van der Waals surface area contributed by atoms with Gasteiger partial charge in [-0.2, -0.15) is 5.26 Å². The van der Waals surface area contributed by atoms with Gasteiger partial charge in [0.2, 0.25) is 6.79 Å². The van der Waals surface area contributed by atoms with E-state index in [9.17, 15) is 10.1 Å². The Bertz CT molecular complexity index is 1230. The van der Waals surface area contributed by atoms with Crippen molar-refractivity contribution in [1.82, 2.24) is 5.32 Å². The SMILES string of the molecule is Cc1ccccc1OCCOc1ccc(/C=C(\C#N)C(=O)NCc2ccc3c(c2)OCO3)cc1. The summed E-state index contributed by atoms with van der Waals surface area (Å²) in [6.45, 7) is 3.28. The zero-order valence-electron chi connectivity index (χ0n) is 18.7. The molecule has 0 spiro atoms. The number of nitrogens with zero attached hydrogens (tertiary/aromatic N) is 1. The second-order valence-corrected chi connectivity index (χ2v) is 7.57. The molecule has 0 bridgehead atoms. The van der Waals surface area contributed by atoms with Crippen LogP contribution in [0.15, 0.2) is 72.3 Å². The summed E-state index contributed by atoms with van der Waals surface area (Å²) < 4.78 is 22.1. The molecule has 1 heterocycles. The quantitative estimate of drug-likeness (QED) is 0.292. The third-order valence-electron chi connectivity index (χ3n) is 5.15. The van der Waals surface area contributed by atoms with Gasteiger partial charge in [-0.25, -0.2) is 0 Å². The number of carbonyl (C=O) groups excluding carboxylic acids is 1. The lowest BCUT2D eigenvalue weighted by Crippen LogP contribution is -2.23. The van der Waals surface area contributed by atoms with Crippen molar-refractivity contribution in [2.45, 2.75) is 13.5 Å². The third kappa shape index (κ3) is 5.87. The summed E-state index contributed by atoms with van der Waals surface area (Å²) in [5.74, 6) is 2.39. The summed E-state index contributed by atoms with van der Waals surface area (Å²) in [5, 5.41) is 12.2. The molecule has 4 rings (SSSR count). The van der Waals surface area contributed by atoms with Gasteiger partial charge in [0.15, 0.2) is 11.5 Å². The van der Waals surface area contributed by atoms with Crippen LogP contribution >= 0.6 is 0 Å². The smallest absolute Gasteiger partial charge is 0.262 e. The highest BCUT2D eigenvalue weighted by Crippen LogP contribution is 2.32. The van der Waals surface area contributed by atoms with Crippen molar-refractivity contribution in [2.24, 2.45) is 0 Å². The molecule has 34 heavy (non-hydrogen) atoms. The van der Waals surface area contributed by atoms with Crippen LogP contribution < -0.4 is 24.3 Å². The van der Waals surface area contributed by atoms with Crippen molar-refractivity contribution < 1.29 is 23.7 Å². The standard InChI is InChI=1S/C27H24N2O5/c1-19-4-2-3-5-24(19)32-13-12-31-23-9-6-20(7-10-23)14-22(16-28)27(30)29-17-21-8-11-25-26(15-21)34-18-33-25/h2-11,14-15H,12-13,17-18H2,1H3,(H,29,30)/b22-14+. The minimum Gasteiger partial charge on any atom is -0.490 e. The van der Waals surface area contributed by atoms with E-state index >= 15 is 0 Å². The molecule has 7 heteroatoms. The first kappa shape index (κ1) is 22.7. The molecule has 1 aliphatic rings. The molecule has 0 atom stereocenters. The number of rotatable bonds is 9. The predicted molar refractivity (Wildman–Crippen MR) is 127 cm³/mol. The zero-order valence-corrected chi connectivity index (χ0v) is 18.7. The van der Waals surface area contributed by atoms with E-state index in [1.54, 1.807) is 36.4 Å². The highest BCUT2D eigenvalue weighted by molar-refractivity contribution is 6.01. The Morgan fingerprint density at radius 2 is 1.79 bits per heavy atom. The first-order valence-corrected chi connectivity index (χ1v) is 10.8. The number of hydrogen-bond donors (Lipinski definition) is 1. The number of nitriles is 1. The van der Waals surface area contributed by atoms with Crippen LogP contribution in [0.5, 0.6) is 23.0 Å². The predicted octanol–water partition coefficient (Wildman–Crippen LogP) is 4.40.